The molecule has 6 heteroatoms. The van der Waals surface area contributed by atoms with Gasteiger partial charge in [0, 0.05) is 11.2 Å². The van der Waals surface area contributed by atoms with E-state index in [1.165, 1.54) is 13.1 Å². The molecule has 0 radical (unpaired) electrons. The van der Waals surface area contributed by atoms with Gasteiger partial charge in [-0.15, -0.1) is 0 Å². The Morgan fingerprint density at radius 1 is 1.44 bits per heavy atom. The third-order valence-electron chi connectivity index (χ3n) is 2.06. The van der Waals surface area contributed by atoms with Crippen LogP contribution in [0.3, 0.4) is 0 Å². The maximum atomic E-state index is 11.3. The van der Waals surface area contributed by atoms with Crippen LogP contribution in [0.25, 0.3) is 6.08 Å². The first-order valence-electron chi connectivity index (χ1n) is 5.21. The number of urea groups is 1. The summed E-state index contributed by atoms with van der Waals surface area (Å²) in [5.74, 6) is -1.09. The number of halogens is 1. The second kappa shape index (κ2) is 6.66. The molecule has 0 saturated carbocycles. The predicted octanol–water partition coefficient (Wildman–Crippen LogP) is 2.08. The number of carbonyl (C=O) groups is 2. The molecular weight excluding hydrogens is 256 g/mol. The smallest absolute Gasteiger partial charge is 0.325 e. The quantitative estimate of drug-likeness (QED) is 0.782. The maximum absolute atomic E-state index is 11.3. The highest BCUT2D eigenvalue weighted by Gasteiger charge is 2.12. The summed E-state index contributed by atoms with van der Waals surface area (Å²) >= 11 is 5.79. The highest BCUT2D eigenvalue weighted by Crippen LogP contribution is 2.11. The van der Waals surface area contributed by atoms with Crippen molar-refractivity contribution in [2.45, 2.75) is 13.0 Å². The minimum absolute atomic E-state index is 0.580. The van der Waals surface area contributed by atoms with Crippen molar-refractivity contribution in [3.8, 4) is 0 Å². The van der Waals surface area contributed by atoms with Crippen LogP contribution in [0, 0.1) is 0 Å². The van der Waals surface area contributed by atoms with Crippen molar-refractivity contribution in [2.75, 3.05) is 0 Å². The highest BCUT2D eigenvalue weighted by molar-refractivity contribution is 6.30. The van der Waals surface area contributed by atoms with Gasteiger partial charge in [0.25, 0.3) is 0 Å². The summed E-state index contributed by atoms with van der Waals surface area (Å²) in [6.45, 7) is 1.38. The van der Waals surface area contributed by atoms with Crippen LogP contribution in [0.5, 0.6) is 0 Å². The van der Waals surface area contributed by atoms with Gasteiger partial charge in [-0.3, -0.25) is 4.79 Å². The van der Waals surface area contributed by atoms with Gasteiger partial charge in [-0.2, -0.15) is 0 Å². The van der Waals surface area contributed by atoms with E-state index in [0.29, 0.717) is 5.02 Å². The molecule has 0 aliphatic heterocycles. The number of aliphatic carboxylic acids is 1. The molecule has 0 bridgehead atoms. The van der Waals surface area contributed by atoms with E-state index in [0.717, 1.165) is 5.56 Å². The first-order chi connectivity index (χ1) is 8.49. The maximum Gasteiger partial charge on any atom is 0.325 e. The number of hydrogen-bond acceptors (Lipinski definition) is 2. The molecule has 3 N–H and O–H groups in total. The van der Waals surface area contributed by atoms with Crippen LogP contribution in [-0.2, 0) is 4.79 Å². The van der Waals surface area contributed by atoms with E-state index in [2.05, 4.69) is 10.6 Å². The Kier molecular flexibility index (Phi) is 5.20. The second-order valence-electron chi connectivity index (χ2n) is 3.57. The van der Waals surface area contributed by atoms with E-state index < -0.39 is 18.0 Å². The lowest BCUT2D eigenvalue weighted by atomic mass is 10.2. The van der Waals surface area contributed by atoms with Crippen LogP contribution in [0.15, 0.2) is 30.5 Å². The van der Waals surface area contributed by atoms with Crippen LogP contribution in [0.1, 0.15) is 12.5 Å². The molecule has 0 aromatic heterocycles. The van der Waals surface area contributed by atoms with E-state index in [9.17, 15) is 9.59 Å². The van der Waals surface area contributed by atoms with Crippen molar-refractivity contribution in [2.24, 2.45) is 0 Å². The van der Waals surface area contributed by atoms with Crippen molar-refractivity contribution < 1.29 is 14.7 Å². The molecule has 1 rings (SSSR count). The second-order valence-corrected chi connectivity index (χ2v) is 4.00. The Labute approximate surface area is 109 Å². The van der Waals surface area contributed by atoms with E-state index in [4.69, 9.17) is 16.7 Å². The third kappa shape index (κ3) is 4.88. The molecule has 2 amide bonds. The molecule has 18 heavy (non-hydrogen) atoms. The fourth-order valence-electron chi connectivity index (χ4n) is 1.12. The van der Waals surface area contributed by atoms with Gasteiger partial charge in [0.1, 0.15) is 6.04 Å². The van der Waals surface area contributed by atoms with Gasteiger partial charge in [0.15, 0.2) is 0 Å². The number of carboxylic acids is 1. The van der Waals surface area contributed by atoms with Gasteiger partial charge < -0.3 is 15.7 Å². The molecule has 96 valence electrons. The predicted molar refractivity (Wildman–Crippen MR) is 69.3 cm³/mol. The lowest BCUT2D eigenvalue weighted by Gasteiger charge is -2.08. The zero-order valence-electron chi connectivity index (χ0n) is 9.68. The number of rotatable bonds is 4. The fraction of sp³-hybridized carbons (Fsp3) is 0.167. The number of hydrogen-bond donors (Lipinski definition) is 3. The standard InChI is InChI=1S/C12H13ClN2O3/c1-8(11(16)17)15-12(18)14-6-5-9-3-2-4-10(13)7-9/h2-8H,1H3,(H,16,17)(H2,14,15,18)/b6-5+. The monoisotopic (exact) mass is 268 g/mol. The molecule has 1 aromatic carbocycles. The van der Waals surface area contributed by atoms with Crippen LogP contribution in [-0.4, -0.2) is 23.1 Å². The molecule has 1 unspecified atom stereocenters. The normalized spacial score (nSPS) is 12.1. The molecule has 0 heterocycles. The summed E-state index contributed by atoms with van der Waals surface area (Å²) < 4.78 is 0. The van der Waals surface area contributed by atoms with Crippen molar-refractivity contribution in [1.29, 1.82) is 0 Å². The molecule has 0 saturated heterocycles. The lowest BCUT2D eigenvalue weighted by Crippen LogP contribution is -2.42. The molecule has 1 aromatic rings. The summed E-state index contributed by atoms with van der Waals surface area (Å²) in [6.07, 6.45) is 3.06. The Morgan fingerprint density at radius 2 is 2.17 bits per heavy atom. The van der Waals surface area contributed by atoms with E-state index in [-0.39, 0.29) is 0 Å². The molecule has 0 aliphatic rings. The van der Waals surface area contributed by atoms with Gasteiger partial charge >= 0.3 is 12.0 Å². The van der Waals surface area contributed by atoms with Gasteiger partial charge in [-0.1, -0.05) is 23.7 Å². The number of carboxylic acid groups (broad SMARTS) is 1. The largest absolute Gasteiger partial charge is 0.480 e. The molecule has 0 fully saturated rings. The van der Waals surface area contributed by atoms with Crippen LogP contribution < -0.4 is 10.6 Å². The topological polar surface area (TPSA) is 78.4 Å². The summed E-state index contributed by atoms with van der Waals surface area (Å²) in [4.78, 5) is 21.7. The Hall–Kier alpha value is -2.01. The molecular formula is C12H13ClN2O3. The average Bonchev–Trinajstić information content (AvgIpc) is 2.28. The van der Waals surface area contributed by atoms with Gasteiger partial charge in [0.2, 0.25) is 0 Å². The third-order valence-corrected chi connectivity index (χ3v) is 2.29. The van der Waals surface area contributed by atoms with Crippen LogP contribution >= 0.6 is 11.6 Å². The van der Waals surface area contributed by atoms with E-state index >= 15 is 0 Å². The van der Waals surface area contributed by atoms with E-state index in [1.807, 2.05) is 6.07 Å². The van der Waals surface area contributed by atoms with Gasteiger partial charge in [0.05, 0.1) is 0 Å². The minimum atomic E-state index is -1.09. The molecule has 1 atom stereocenters. The summed E-state index contributed by atoms with van der Waals surface area (Å²) in [5, 5.41) is 13.8. The Morgan fingerprint density at radius 3 is 2.78 bits per heavy atom. The summed E-state index contributed by atoms with van der Waals surface area (Å²) in [5.41, 5.74) is 0.828. The number of nitrogens with one attached hydrogen (secondary N) is 2. The molecule has 0 aliphatic carbocycles. The first-order valence-corrected chi connectivity index (χ1v) is 5.59. The molecule has 5 nitrogen and oxygen atoms in total. The zero-order valence-corrected chi connectivity index (χ0v) is 10.4. The summed E-state index contributed by atoms with van der Waals surface area (Å²) in [7, 11) is 0. The number of carbonyl (C=O) groups excluding carboxylic acids is 1. The Balaban J connectivity index is 2.45. The zero-order chi connectivity index (χ0) is 13.5. The van der Waals surface area contributed by atoms with Crippen molar-refractivity contribution in [3.05, 3.63) is 41.1 Å². The molecule has 0 spiro atoms. The lowest BCUT2D eigenvalue weighted by molar-refractivity contribution is -0.138. The van der Waals surface area contributed by atoms with Gasteiger partial charge in [-0.25, -0.2) is 4.79 Å². The van der Waals surface area contributed by atoms with Crippen LogP contribution in [0.2, 0.25) is 5.02 Å². The number of amides is 2. The van der Waals surface area contributed by atoms with Crippen molar-refractivity contribution in [1.82, 2.24) is 10.6 Å². The van der Waals surface area contributed by atoms with Crippen molar-refractivity contribution >= 4 is 29.7 Å². The average molecular weight is 269 g/mol. The first kappa shape index (κ1) is 14.1. The van der Waals surface area contributed by atoms with Gasteiger partial charge in [-0.05, 0) is 30.7 Å². The summed E-state index contributed by atoms with van der Waals surface area (Å²) in [6, 6.07) is 5.56. The highest BCUT2D eigenvalue weighted by atomic mass is 35.5. The van der Waals surface area contributed by atoms with Crippen molar-refractivity contribution in [3.63, 3.8) is 0 Å². The minimum Gasteiger partial charge on any atom is -0.480 e. The Bertz CT molecular complexity index is 474. The van der Waals surface area contributed by atoms with E-state index in [1.54, 1.807) is 24.3 Å². The SMILES string of the molecule is CC(NC(=O)N/C=C/c1cccc(Cl)c1)C(=O)O. The fourth-order valence-corrected chi connectivity index (χ4v) is 1.32. The van der Waals surface area contributed by atoms with Crippen LogP contribution in [0.4, 0.5) is 4.79 Å². The number of benzene rings is 1.